The number of benzene rings is 1. The lowest BCUT2D eigenvalue weighted by Gasteiger charge is -2.22. The predicted octanol–water partition coefficient (Wildman–Crippen LogP) is 2.27. The highest BCUT2D eigenvalue weighted by Gasteiger charge is 2.25. The molecule has 6 nitrogen and oxygen atoms in total. The van der Waals surface area contributed by atoms with Crippen LogP contribution in [0.3, 0.4) is 0 Å². The van der Waals surface area contributed by atoms with E-state index >= 15 is 0 Å². The summed E-state index contributed by atoms with van der Waals surface area (Å²) in [6, 6.07) is 7.34. The summed E-state index contributed by atoms with van der Waals surface area (Å²) in [5.41, 5.74) is 0.828. The molecule has 6 heteroatoms. The molecule has 0 radical (unpaired) electrons. The number of hydrogen-bond donors (Lipinski definition) is 3. The van der Waals surface area contributed by atoms with Crippen molar-refractivity contribution in [2.45, 2.75) is 64.0 Å². The molecular formula is C20H28N2O4. The Morgan fingerprint density at radius 2 is 1.73 bits per heavy atom. The second-order valence-electron chi connectivity index (χ2n) is 7.09. The summed E-state index contributed by atoms with van der Waals surface area (Å²) in [4.78, 5) is 35.9. The molecule has 1 aromatic carbocycles. The molecule has 0 bridgehead atoms. The fourth-order valence-corrected chi connectivity index (χ4v) is 3.37. The Bertz CT molecular complexity index is 611. The first kappa shape index (κ1) is 19.9. The van der Waals surface area contributed by atoms with Gasteiger partial charge in [0.2, 0.25) is 11.8 Å². The monoisotopic (exact) mass is 360 g/mol. The van der Waals surface area contributed by atoms with Gasteiger partial charge in [-0.2, -0.15) is 0 Å². The number of carbonyl (C=O) groups excluding carboxylic acids is 2. The van der Waals surface area contributed by atoms with E-state index in [1.807, 2.05) is 30.3 Å². The van der Waals surface area contributed by atoms with E-state index in [9.17, 15) is 19.5 Å². The van der Waals surface area contributed by atoms with Gasteiger partial charge in [0.15, 0.2) is 0 Å². The Kier molecular flexibility index (Phi) is 7.63. The quantitative estimate of drug-likeness (QED) is 0.663. The molecule has 1 aliphatic rings. The van der Waals surface area contributed by atoms with Crippen molar-refractivity contribution in [3.8, 4) is 0 Å². The highest BCUT2D eigenvalue weighted by atomic mass is 16.4. The van der Waals surface area contributed by atoms with E-state index in [1.54, 1.807) is 6.92 Å². The second kappa shape index (κ2) is 9.94. The molecule has 1 aliphatic carbocycles. The molecule has 0 spiro atoms. The molecule has 0 aromatic heterocycles. The van der Waals surface area contributed by atoms with E-state index in [0.29, 0.717) is 12.3 Å². The Morgan fingerprint density at radius 3 is 2.35 bits per heavy atom. The Hall–Kier alpha value is -2.37. The van der Waals surface area contributed by atoms with Crippen LogP contribution in [0.2, 0.25) is 0 Å². The zero-order chi connectivity index (χ0) is 18.9. The molecule has 2 rings (SSSR count). The number of carboxylic acid groups (broad SMARTS) is 1. The minimum atomic E-state index is -1.09. The summed E-state index contributed by atoms with van der Waals surface area (Å²) in [7, 11) is 0. The molecule has 0 aliphatic heterocycles. The lowest BCUT2D eigenvalue weighted by Crippen LogP contribution is -2.51. The summed E-state index contributed by atoms with van der Waals surface area (Å²) in [5.74, 6) is -1.33. The highest BCUT2D eigenvalue weighted by molar-refractivity contribution is 5.90. The maximum atomic E-state index is 12.3. The molecule has 26 heavy (non-hydrogen) atoms. The van der Waals surface area contributed by atoms with Crippen LogP contribution < -0.4 is 10.6 Å². The van der Waals surface area contributed by atoms with Gasteiger partial charge in [0.25, 0.3) is 0 Å². The van der Waals surface area contributed by atoms with Crippen molar-refractivity contribution in [3.05, 3.63) is 35.9 Å². The van der Waals surface area contributed by atoms with Crippen molar-refractivity contribution in [3.63, 3.8) is 0 Å². The van der Waals surface area contributed by atoms with Gasteiger partial charge in [-0.25, -0.2) is 4.79 Å². The van der Waals surface area contributed by atoms with E-state index in [-0.39, 0.29) is 12.3 Å². The van der Waals surface area contributed by atoms with Crippen LogP contribution in [0.25, 0.3) is 0 Å². The molecule has 1 aromatic rings. The van der Waals surface area contributed by atoms with Crippen molar-refractivity contribution in [2.24, 2.45) is 5.92 Å². The van der Waals surface area contributed by atoms with Crippen LogP contribution >= 0.6 is 0 Å². The topological polar surface area (TPSA) is 95.5 Å². The molecule has 1 unspecified atom stereocenters. The lowest BCUT2D eigenvalue weighted by molar-refractivity contribution is -0.142. The van der Waals surface area contributed by atoms with E-state index in [0.717, 1.165) is 31.2 Å². The van der Waals surface area contributed by atoms with Crippen molar-refractivity contribution < 1.29 is 19.5 Å². The second-order valence-corrected chi connectivity index (χ2v) is 7.09. The van der Waals surface area contributed by atoms with Crippen molar-refractivity contribution >= 4 is 17.8 Å². The summed E-state index contributed by atoms with van der Waals surface area (Å²) in [5, 5.41) is 14.6. The standard InChI is InChI=1S/C20H28N2O4/c1-14(21-18(23)13-16-10-6-3-7-11-16)19(24)22-17(20(25)26)12-15-8-4-2-5-9-15/h2,4-5,8-9,14,16-17H,3,6-7,10-13H2,1H3,(H,21,23)(H,22,24)(H,25,26)/t14?,17-/m1/s1. The largest absolute Gasteiger partial charge is 0.480 e. The molecule has 0 heterocycles. The van der Waals surface area contributed by atoms with E-state index in [2.05, 4.69) is 10.6 Å². The lowest BCUT2D eigenvalue weighted by atomic mass is 9.87. The van der Waals surface area contributed by atoms with Crippen LogP contribution in [0.4, 0.5) is 0 Å². The summed E-state index contributed by atoms with van der Waals surface area (Å²) >= 11 is 0. The third kappa shape index (κ3) is 6.50. The van der Waals surface area contributed by atoms with Gasteiger partial charge in [-0.15, -0.1) is 0 Å². The third-order valence-corrected chi connectivity index (χ3v) is 4.87. The molecule has 2 amide bonds. The van der Waals surface area contributed by atoms with E-state index in [4.69, 9.17) is 0 Å². The van der Waals surface area contributed by atoms with Crippen LogP contribution in [-0.4, -0.2) is 35.0 Å². The van der Waals surface area contributed by atoms with Crippen LogP contribution in [0.1, 0.15) is 51.0 Å². The number of carbonyl (C=O) groups is 3. The first-order chi connectivity index (χ1) is 12.5. The maximum Gasteiger partial charge on any atom is 0.326 e. The van der Waals surface area contributed by atoms with Gasteiger partial charge in [-0.05, 0) is 31.2 Å². The average Bonchev–Trinajstić information content (AvgIpc) is 2.62. The van der Waals surface area contributed by atoms with E-state index in [1.165, 1.54) is 6.42 Å². The number of aliphatic carboxylic acids is 1. The Morgan fingerprint density at radius 1 is 1.08 bits per heavy atom. The number of amides is 2. The average molecular weight is 360 g/mol. The predicted molar refractivity (Wildman–Crippen MR) is 98.5 cm³/mol. The van der Waals surface area contributed by atoms with Crippen LogP contribution in [-0.2, 0) is 20.8 Å². The van der Waals surface area contributed by atoms with Gasteiger partial charge >= 0.3 is 5.97 Å². The molecule has 3 N–H and O–H groups in total. The van der Waals surface area contributed by atoms with Crippen molar-refractivity contribution in [1.82, 2.24) is 10.6 Å². The zero-order valence-electron chi connectivity index (χ0n) is 15.2. The smallest absolute Gasteiger partial charge is 0.326 e. The summed E-state index contributed by atoms with van der Waals surface area (Å²) < 4.78 is 0. The molecular weight excluding hydrogens is 332 g/mol. The van der Waals surface area contributed by atoms with Gasteiger partial charge in [-0.3, -0.25) is 9.59 Å². The molecule has 0 saturated heterocycles. The summed E-state index contributed by atoms with van der Waals surface area (Å²) in [6.07, 6.45) is 6.31. The Balaban J connectivity index is 1.83. The van der Waals surface area contributed by atoms with Crippen LogP contribution in [0.15, 0.2) is 30.3 Å². The van der Waals surface area contributed by atoms with Crippen molar-refractivity contribution in [2.75, 3.05) is 0 Å². The minimum Gasteiger partial charge on any atom is -0.480 e. The normalized spacial score (nSPS) is 17.1. The fourth-order valence-electron chi connectivity index (χ4n) is 3.37. The van der Waals surface area contributed by atoms with Gasteiger partial charge < -0.3 is 15.7 Å². The van der Waals surface area contributed by atoms with Crippen molar-refractivity contribution in [1.29, 1.82) is 0 Å². The van der Waals surface area contributed by atoms with Gasteiger partial charge in [0, 0.05) is 12.8 Å². The SMILES string of the molecule is CC(NC(=O)CC1CCCCC1)C(=O)N[C@H](Cc1ccccc1)C(=O)O. The van der Waals surface area contributed by atoms with Crippen LogP contribution in [0.5, 0.6) is 0 Å². The molecule has 142 valence electrons. The first-order valence-corrected chi connectivity index (χ1v) is 9.32. The van der Waals surface area contributed by atoms with Gasteiger partial charge in [-0.1, -0.05) is 49.6 Å². The van der Waals surface area contributed by atoms with Gasteiger partial charge in [0.1, 0.15) is 12.1 Å². The minimum absolute atomic E-state index is 0.144. The number of carboxylic acids is 1. The molecule has 2 atom stereocenters. The first-order valence-electron chi connectivity index (χ1n) is 9.32. The number of hydrogen-bond acceptors (Lipinski definition) is 3. The maximum absolute atomic E-state index is 12.3. The zero-order valence-corrected chi connectivity index (χ0v) is 15.2. The highest BCUT2D eigenvalue weighted by Crippen LogP contribution is 2.26. The Labute approximate surface area is 154 Å². The number of rotatable bonds is 8. The number of nitrogens with one attached hydrogen (secondary N) is 2. The molecule has 1 saturated carbocycles. The molecule has 1 fully saturated rings. The van der Waals surface area contributed by atoms with E-state index < -0.39 is 24.0 Å². The van der Waals surface area contributed by atoms with Gasteiger partial charge in [0.05, 0.1) is 0 Å². The fraction of sp³-hybridized carbons (Fsp3) is 0.550. The van der Waals surface area contributed by atoms with Crippen LogP contribution in [0, 0.1) is 5.92 Å². The summed E-state index contributed by atoms with van der Waals surface area (Å²) in [6.45, 7) is 1.58. The third-order valence-electron chi connectivity index (χ3n) is 4.87.